The minimum Gasteiger partial charge on any atom is -0.500 e. The van der Waals surface area contributed by atoms with Crippen LogP contribution in [0.5, 0.6) is 0 Å². The first-order chi connectivity index (χ1) is 15.5. The Kier molecular flexibility index (Phi) is 6.80. The molecule has 0 radical (unpaired) electrons. The van der Waals surface area contributed by atoms with Gasteiger partial charge in [-0.3, -0.25) is 9.59 Å². The van der Waals surface area contributed by atoms with Crippen molar-refractivity contribution >= 4 is 23.7 Å². The van der Waals surface area contributed by atoms with E-state index in [2.05, 4.69) is 21.7 Å². The zero-order valence-corrected chi connectivity index (χ0v) is 18.1. The molecule has 0 saturated carbocycles. The molecule has 1 aliphatic carbocycles. The minimum absolute atomic E-state index is 0.0765. The highest BCUT2D eigenvalue weighted by Gasteiger charge is 2.21. The van der Waals surface area contributed by atoms with Gasteiger partial charge in [0.1, 0.15) is 17.4 Å². The number of ether oxygens (including phenoxy) is 1. The van der Waals surface area contributed by atoms with Crippen LogP contribution in [0.2, 0.25) is 0 Å². The van der Waals surface area contributed by atoms with E-state index in [1.807, 2.05) is 6.07 Å². The van der Waals surface area contributed by atoms with Crippen molar-refractivity contribution in [2.45, 2.75) is 32.2 Å². The summed E-state index contributed by atoms with van der Waals surface area (Å²) in [6.45, 7) is 1.94. The summed E-state index contributed by atoms with van der Waals surface area (Å²) in [5.41, 5.74) is 3.52. The van der Waals surface area contributed by atoms with Gasteiger partial charge in [0.25, 0.3) is 0 Å². The summed E-state index contributed by atoms with van der Waals surface area (Å²) in [5, 5.41) is 5.80. The molecular formula is C24H27FN4O3. The number of allylic oxidation sites excluding steroid dienone is 4. The Morgan fingerprint density at radius 2 is 2.12 bits per heavy atom. The van der Waals surface area contributed by atoms with Crippen LogP contribution in [0.1, 0.15) is 36.8 Å². The number of amides is 2. The van der Waals surface area contributed by atoms with Crippen molar-refractivity contribution in [1.82, 2.24) is 15.2 Å². The maximum absolute atomic E-state index is 13.9. The van der Waals surface area contributed by atoms with Crippen molar-refractivity contribution in [3.05, 3.63) is 64.4 Å². The third kappa shape index (κ3) is 5.13. The SMILES string of the molecule is COC1=C(C2=CCCN(C(=O)/C=C/c3cnc4c(c3)CNCC(=O)N4)CC2)C=C(F)CC1. The Morgan fingerprint density at radius 1 is 1.25 bits per heavy atom. The number of rotatable bonds is 4. The molecule has 0 spiro atoms. The van der Waals surface area contributed by atoms with E-state index in [4.69, 9.17) is 4.74 Å². The zero-order chi connectivity index (χ0) is 22.5. The average Bonchev–Trinajstić information content (AvgIpc) is 3.15. The molecule has 7 nitrogen and oxygen atoms in total. The maximum atomic E-state index is 13.9. The van der Waals surface area contributed by atoms with E-state index in [1.165, 1.54) is 0 Å². The number of anilines is 1. The van der Waals surface area contributed by atoms with Gasteiger partial charge in [-0.05, 0) is 42.2 Å². The van der Waals surface area contributed by atoms with Gasteiger partial charge in [-0.1, -0.05) is 6.08 Å². The maximum Gasteiger partial charge on any atom is 0.246 e. The molecule has 3 heterocycles. The van der Waals surface area contributed by atoms with Gasteiger partial charge in [-0.2, -0.15) is 0 Å². The number of methoxy groups -OCH3 is 1. The normalized spacial score (nSPS) is 19.6. The number of fused-ring (bicyclic) bond motifs is 1. The van der Waals surface area contributed by atoms with Gasteiger partial charge in [0, 0.05) is 55.9 Å². The summed E-state index contributed by atoms with van der Waals surface area (Å²) in [6.07, 6.45) is 10.9. The van der Waals surface area contributed by atoms with Crippen LogP contribution in [-0.4, -0.2) is 48.4 Å². The van der Waals surface area contributed by atoms with Gasteiger partial charge in [0.15, 0.2) is 0 Å². The lowest BCUT2D eigenvalue weighted by Crippen LogP contribution is -2.30. The fraction of sp³-hybridized carbons (Fsp3) is 0.375. The molecule has 4 rings (SSSR count). The lowest BCUT2D eigenvalue weighted by atomic mass is 9.94. The molecule has 0 aromatic carbocycles. The van der Waals surface area contributed by atoms with Crippen LogP contribution in [-0.2, 0) is 20.9 Å². The highest BCUT2D eigenvalue weighted by Crippen LogP contribution is 2.32. The minimum atomic E-state index is -0.133. The predicted octanol–water partition coefficient (Wildman–Crippen LogP) is 3.23. The van der Waals surface area contributed by atoms with E-state index >= 15 is 0 Å². The molecule has 2 aliphatic heterocycles. The average molecular weight is 439 g/mol. The number of hydrogen-bond acceptors (Lipinski definition) is 5. The number of aromatic nitrogens is 1. The number of nitrogens with zero attached hydrogens (tertiary/aromatic N) is 2. The van der Waals surface area contributed by atoms with E-state index in [-0.39, 0.29) is 24.2 Å². The summed E-state index contributed by atoms with van der Waals surface area (Å²) in [5.74, 6) is 1.02. The molecule has 0 fully saturated rings. The number of carbonyl (C=O) groups excluding carboxylic acids is 2. The molecule has 0 bridgehead atoms. The molecule has 0 unspecified atom stereocenters. The number of pyridine rings is 1. The number of nitrogens with one attached hydrogen (secondary N) is 2. The van der Waals surface area contributed by atoms with Crippen molar-refractivity contribution in [2.24, 2.45) is 0 Å². The Bertz CT molecular complexity index is 1040. The number of carbonyl (C=O) groups is 2. The van der Waals surface area contributed by atoms with Gasteiger partial charge in [0.2, 0.25) is 11.8 Å². The Labute approximate surface area is 186 Å². The molecule has 0 atom stereocenters. The molecule has 1 aromatic rings. The highest BCUT2D eigenvalue weighted by molar-refractivity contribution is 5.93. The third-order valence-corrected chi connectivity index (χ3v) is 5.80. The van der Waals surface area contributed by atoms with Gasteiger partial charge < -0.3 is 20.3 Å². The van der Waals surface area contributed by atoms with Crippen molar-refractivity contribution in [2.75, 3.05) is 32.1 Å². The topological polar surface area (TPSA) is 83.6 Å². The Morgan fingerprint density at radius 3 is 2.97 bits per heavy atom. The van der Waals surface area contributed by atoms with Crippen molar-refractivity contribution in [3.63, 3.8) is 0 Å². The second kappa shape index (κ2) is 9.91. The first-order valence-corrected chi connectivity index (χ1v) is 10.8. The summed E-state index contributed by atoms with van der Waals surface area (Å²) >= 11 is 0. The van der Waals surface area contributed by atoms with E-state index in [0.29, 0.717) is 51.1 Å². The zero-order valence-electron chi connectivity index (χ0n) is 18.1. The second-order valence-electron chi connectivity index (χ2n) is 7.99. The van der Waals surface area contributed by atoms with Gasteiger partial charge >= 0.3 is 0 Å². The van der Waals surface area contributed by atoms with Gasteiger partial charge in [0.05, 0.1) is 13.7 Å². The molecule has 32 heavy (non-hydrogen) atoms. The largest absolute Gasteiger partial charge is 0.500 e. The van der Waals surface area contributed by atoms with Crippen LogP contribution in [0.15, 0.2) is 53.2 Å². The first-order valence-electron chi connectivity index (χ1n) is 10.8. The predicted molar refractivity (Wildman–Crippen MR) is 120 cm³/mol. The van der Waals surface area contributed by atoms with Crippen molar-refractivity contribution < 1.29 is 18.7 Å². The fourth-order valence-corrected chi connectivity index (χ4v) is 4.12. The van der Waals surface area contributed by atoms with Crippen LogP contribution in [0.4, 0.5) is 10.2 Å². The van der Waals surface area contributed by atoms with Gasteiger partial charge in [-0.15, -0.1) is 0 Å². The highest BCUT2D eigenvalue weighted by atomic mass is 19.1. The molecule has 2 amide bonds. The molecule has 3 aliphatic rings. The van der Waals surface area contributed by atoms with E-state index < -0.39 is 0 Å². The van der Waals surface area contributed by atoms with Crippen molar-refractivity contribution in [1.29, 1.82) is 0 Å². The quantitative estimate of drug-likeness (QED) is 0.706. The molecule has 2 N–H and O–H groups in total. The summed E-state index contributed by atoms with van der Waals surface area (Å²) in [6, 6.07) is 1.91. The molecule has 8 heteroatoms. The van der Waals surface area contributed by atoms with Crippen LogP contribution in [0.3, 0.4) is 0 Å². The van der Waals surface area contributed by atoms with Crippen molar-refractivity contribution in [3.8, 4) is 0 Å². The summed E-state index contributed by atoms with van der Waals surface area (Å²) in [7, 11) is 1.62. The first kappa shape index (κ1) is 22.0. The van der Waals surface area contributed by atoms with Crippen LogP contribution in [0, 0.1) is 0 Å². The third-order valence-electron chi connectivity index (χ3n) is 5.80. The Balaban J connectivity index is 1.40. The second-order valence-corrected chi connectivity index (χ2v) is 7.99. The lowest BCUT2D eigenvalue weighted by molar-refractivity contribution is -0.125. The summed E-state index contributed by atoms with van der Waals surface area (Å²) < 4.78 is 19.3. The van der Waals surface area contributed by atoms with E-state index in [1.54, 1.807) is 36.4 Å². The van der Waals surface area contributed by atoms with Crippen LogP contribution >= 0.6 is 0 Å². The summed E-state index contributed by atoms with van der Waals surface area (Å²) in [4.78, 5) is 30.5. The Hall–Kier alpha value is -3.26. The van der Waals surface area contributed by atoms with Crippen LogP contribution < -0.4 is 10.6 Å². The lowest BCUT2D eigenvalue weighted by Gasteiger charge is -2.20. The fourth-order valence-electron chi connectivity index (χ4n) is 4.12. The van der Waals surface area contributed by atoms with E-state index in [0.717, 1.165) is 28.0 Å². The number of halogens is 1. The van der Waals surface area contributed by atoms with Gasteiger partial charge in [-0.25, -0.2) is 9.37 Å². The molecule has 0 saturated heterocycles. The standard InChI is InChI=1S/C24H27FN4O3/c1-32-21-6-5-19(25)12-20(21)17-3-2-9-29(10-8-17)23(31)7-4-16-11-18-14-26-15-22(30)28-24(18)27-13-16/h3-4,7,11-13,26H,2,5-6,8-10,14-15H2,1H3,(H,27,28,30)/b7-4+. The van der Waals surface area contributed by atoms with Crippen LogP contribution in [0.25, 0.3) is 6.08 Å². The van der Waals surface area contributed by atoms with E-state index in [9.17, 15) is 14.0 Å². The molecule has 1 aromatic heterocycles. The smallest absolute Gasteiger partial charge is 0.246 e. The number of hydrogen-bond donors (Lipinski definition) is 2. The molecular weight excluding hydrogens is 411 g/mol. The molecule has 168 valence electrons. The monoisotopic (exact) mass is 438 g/mol.